The smallest absolute Gasteiger partial charge is 0.225 e. The fraction of sp³-hybridized carbons (Fsp3) is 0.762. The van der Waals surface area contributed by atoms with Gasteiger partial charge in [0.05, 0.1) is 6.54 Å². The monoisotopic (exact) mass is 387 g/mol. The summed E-state index contributed by atoms with van der Waals surface area (Å²) in [4.78, 5) is 20.9. The second kappa shape index (κ2) is 10.6. The average Bonchev–Trinajstić information content (AvgIpc) is 3.16. The standard InChI is InChI=1S/C21H37N7/c1-4-22-20(28-10-6-19(17-28)16-18(2)3)25-9-11-26-12-14-27(15-13-26)21-23-7-5-8-24-21/h5,7-8,18-19H,4,6,9-17H2,1-3H3,(H,22,25). The molecule has 2 saturated heterocycles. The number of aliphatic imine (C=N–C) groups is 1. The zero-order chi connectivity index (χ0) is 19.8. The molecule has 0 aromatic carbocycles. The lowest BCUT2D eigenvalue weighted by atomic mass is 9.97. The summed E-state index contributed by atoms with van der Waals surface area (Å²) in [6, 6.07) is 1.87. The van der Waals surface area contributed by atoms with Crippen LogP contribution in [0.3, 0.4) is 0 Å². The molecule has 2 fully saturated rings. The fourth-order valence-electron chi connectivity index (χ4n) is 4.23. The SMILES string of the molecule is CCNC(=NCCN1CCN(c2ncccn2)CC1)N1CCC(CC(C)C)C1. The van der Waals surface area contributed by atoms with E-state index in [9.17, 15) is 0 Å². The summed E-state index contributed by atoms with van der Waals surface area (Å²) >= 11 is 0. The van der Waals surface area contributed by atoms with Crippen LogP contribution in [0.2, 0.25) is 0 Å². The third kappa shape index (κ3) is 6.06. The van der Waals surface area contributed by atoms with Crippen molar-refractivity contribution in [1.29, 1.82) is 0 Å². The molecule has 3 heterocycles. The molecule has 0 aliphatic carbocycles. The van der Waals surface area contributed by atoms with Crippen LogP contribution in [-0.4, -0.2) is 84.6 Å². The van der Waals surface area contributed by atoms with Crippen LogP contribution in [0.15, 0.2) is 23.5 Å². The maximum atomic E-state index is 4.93. The molecule has 0 saturated carbocycles. The minimum Gasteiger partial charge on any atom is -0.357 e. The van der Waals surface area contributed by atoms with Crippen molar-refractivity contribution < 1.29 is 0 Å². The van der Waals surface area contributed by atoms with Crippen molar-refractivity contribution in [2.45, 2.75) is 33.6 Å². The van der Waals surface area contributed by atoms with E-state index in [4.69, 9.17) is 4.99 Å². The highest BCUT2D eigenvalue weighted by Crippen LogP contribution is 2.23. The average molecular weight is 388 g/mol. The summed E-state index contributed by atoms with van der Waals surface area (Å²) in [5, 5.41) is 3.50. The van der Waals surface area contributed by atoms with Crippen LogP contribution in [0.1, 0.15) is 33.6 Å². The van der Waals surface area contributed by atoms with E-state index in [0.29, 0.717) is 0 Å². The van der Waals surface area contributed by atoms with Crippen molar-refractivity contribution in [3.8, 4) is 0 Å². The zero-order valence-electron chi connectivity index (χ0n) is 17.8. The summed E-state index contributed by atoms with van der Waals surface area (Å²) in [7, 11) is 0. The molecule has 1 aromatic rings. The molecular formula is C21H37N7. The number of hydrogen-bond donors (Lipinski definition) is 1. The van der Waals surface area contributed by atoms with Gasteiger partial charge in [0.25, 0.3) is 0 Å². The second-order valence-electron chi connectivity index (χ2n) is 8.34. The van der Waals surface area contributed by atoms with E-state index in [-0.39, 0.29) is 0 Å². The van der Waals surface area contributed by atoms with Crippen LogP contribution < -0.4 is 10.2 Å². The number of nitrogens with one attached hydrogen (secondary N) is 1. The van der Waals surface area contributed by atoms with Crippen LogP contribution >= 0.6 is 0 Å². The summed E-state index contributed by atoms with van der Waals surface area (Å²) in [5.74, 6) is 3.55. The van der Waals surface area contributed by atoms with Crippen LogP contribution in [0, 0.1) is 11.8 Å². The van der Waals surface area contributed by atoms with Gasteiger partial charge in [0.1, 0.15) is 0 Å². The first kappa shape index (κ1) is 20.8. The Morgan fingerprint density at radius 3 is 2.61 bits per heavy atom. The number of nitrogens with zero attached hydrogens (tertiary/aromatic N) is 6. The molecule has 0 bridgehead atoms. The molecule has 2 aliphatic heterocycles. The van der Waals surface area contributed by atoms with Gasteiger partial charge in [-0.2, -0.15) is 0 Å². The molecule has 2 aliphatic rings. The Kier molecular flexibility index (Phi) is 7.89. The summed E-state index contributed by atoms with van der Waals surface area (Å²) in [6.07, 6.45) is 6.25. The summed E-state index contributed by atoms with van der Waals surface area (Å²) in [6.45, 7) is 16.0. The quantitative estimate of drug-likeness (QED) is 0.570. The Bertz CT molecular complexity index is 596. The van der Waals surface area contributed by atoms with Gasteiger partial charge in [0, 0.05) is 64.8 Å². The highest BCUT2D eigenvalue weighted by atomic mass is 15.3. The number of guanidine groups is 1. The minimum atomic E-state index is 0.782. The highest BCUT2D eigenvalue weighted by molar-refractivity contribution is 5.80. The van der Waals surface area contributed by atoms with Gasteiger partial charge in [0.2, 0.25) is 5.95 Å². The maximum Gasteiger partial charge on any atom is 0.225 e. The Morgan fingerprint density at radius 2 is 1.93 bits per heavy atom. The van der Waals surface area contributed by atoms with E-state index in [0.717, 1.165) is 82.6 Å². The molecule has 0 spiro atoms. The highest BCUT2D eigenvalue weighted by Gasteiger charge is 2.25. The van der Waals surface area contributed by atoms with Crippen molar-refractivity contribution in [2.24, 2.45) is 16.8 Å². The van der Waals surface area contributed by atoms with Crippen molar-refractivity contribution in [2.75, 3.05) is 63.8 Å². The Labute approximate surface area is 170 Å². The van der Waals surface area contributed by atoms with Gasteiger partial charge < -0.3 is 15.1 Å². The molecule has 7 heteroatoms. The van der Waals surface area contributed by atoms with Gasteiger partial charge in [0.15, 0.2) is 5.96 Å². The predicted molar refractivity (Wildman–Crippen MR) is 116 cm³/mol. The van der Waals surface area contributed by atoms with Gasteiger partial charge in [-0.25, -0.2) is 9.97 Å². The third-order valence-electron chi connectivity index (χ3n) is 5.61. The fourth-order valence-corrected chi connectivity index (χ4v) is 4.23. The first-order chi connectivity index (χ1) is 13.7. The molecule has 0 amide bonds. The van der Waals surface area contributed by atoms with Crippen LogP contribution in [0.4, 0.5) is 5.95 Å². The van der Waals surface area contributed by atoms with Gasteiger partial charge in [-0.1, -0.05) is 13.8 Å². The maximum absolute atomic E-state index is 4.93. The van der Waals surface area contributed by atoms with Crippen molar-refractivity contribution in [3.63, 3.8) is 0 Å². The van der Waals surface area contributed by atoms with Crippen LogP contribution in [0.5, 0.6) is 0 Å². The number of rotatable bonds is 7. The lowest BCUT2D eigenvalue weighted by Gasteiger charge is -2.34. The molecule has 0 radical (unpaired) electrons. The third-order valence-corrected chi connectivity index (χ3v) is 5.61. The lowest BCUT2D eigenvalue weighted by molar-refractivity contribution is 0.263. The molecule has 3 rings (SSSR count). The molecule has 1 unspecified atom stereocenters. The van der Waals surface area contributed by atoms with Gasteiger partial charge in [-0.05, 0) is 37.7 Å². The Morgan fingerprint density at radius 1 is 1.18 bits per heavy atom. The first-order valence-electron chi connectivity index (χ1n) is 10.9. The van der Waals surface area contributed by atoms with Crippen LogP contribution in [0.25, 0.3) is 0 Å². The zero-order valence-corrected chi connectivity index (χ0v) is 17.8. The van der Waals surface area contributed by atoms with E-state index < -0.39 is 0 Å². The number of likely N-dealkylation sites (tertiary alicyclic amines) is 1. The number of anilines is 1. The molecule has 1 aromatic heterocycles. The predicted octanol–water partition coefficient (Wildman–Crippen LogP) is 1.93. The minimum absolute atomic E-state index is 0.782. The van der Waals surface area contributed by atoms with Crippen molar-refractivity contribution >= 4 is 11.9 Å². The van der Waals surface area contributed by atoms with Crippen LogP contribution in [-0.2, 0) is 0 Å². The van der Waals surface area contributed by atoms with E-state index >= 15 is 0 Å². The molecular weight excluding hydrogens is 350 g/mol. The van der Waals surface area contributed by atoms with E-state index in [1.54, 1.807) is 0 Å². The molecule has 1 N–H and O–H groups in total. The van der Waals surface area contributed by atoms with E-state index in [2.05, 4.69) is 50.8 Å². The largest absolute Gasteiger partial charge is 0.357 e. The van der Waals surface area contributed by atoms with E-state index in [1.807, 2.05) is 18.5 Å². The topological polar surface area (TPSA) is 59.9 Å². The number of piperazine rings is 1. The second-order valence-corrected chi connectivity index (χ2v) is 8.34. The number of aromatic nitrogens is 2. The Balaban J connectivity index is 1.43. The van der Waals surface area contributed by atoms with Gasteiger partial charge >= 0.3 is 0 Å². The summed E-state index contributed by atoms with van der Waals surface area (Å²) < 4.78 is 0. The van der Waals surface area contributed by atoms with E-state index in [1.165, 1.54) is 12.8 Å². The van der Waals surface area contributed by atoms with Crippen molar-refractivity contribution in [3.05, 3.63) is 18.5 Å². The number of hydrogen-bond acceptors (Lipinski definition) is 5. The Hall–Kier alpha value is -1.89. The summed E-state index contributed by atoms with van der Waals surface area (Å²) in [5.41, 5.74) is 0. The first-order valence-corrected chi connectivity index (χ1v) is 10.9. The lowest BCUT2D eigenvalue weighted by Crippen LogP contribution is -2.48. The molecule has 156 valence electrons. The normalized spacial score (nSPS) is 21.6. The molecule has 1 atom stereocenters. The van der Waals surface area contributed by atoms with Gasteiger partial charge in [-0.3, -0.25) is 9.89 Å². The molecule has 7 nitrogen and oxygen atoms in total. The van der Waals surface area contributed by atoms with Gasteiger partial charge in [-0.15, -0.1) is 0 Å². The molecule has 28 heavy (non-hydrogen) atoms. The van der Waals surface area contributed by atoms with Crippen molar-refractivity contribution in [1.82, 2.24) is 25.1 Å².